The van der Waals surface area contributed by atoms with Gasteiger partial charge in [0.2, 0.25) is 0 Å². The molecule has 0 fully saturated rings. The van der Waals surface area contributed by atoms with Crippen LogP contribution in [0.5, 0.6) is 0 Å². The smallest absolute Gasteiger partial charge is 0.270 e. The van der Waals surface area contributed by atoms with E-state index in [-0.39, 0.29) is 11.9 Å². The second-order valence-corrected chi connectivity index (χ2v) is 3.91. The molecular weight excluding hydrogens is 212 g/mol. The number of hydrogen-bond donors (Lipinski definition) is 1. The molecule has 0 aromatic carbocycles. The molecule has 0 radical (unpaired) electrons. The predicted octanol–water partition coefficient (Wildman–Crippen LogP) is 2.18. The molecule has 0 saturated heterocycles. The van der Waals surface area contributed by atoms with Gasteiger partial charge in [0.05, 0.1) is 0 Å². The molecule has 0 spiro atoms. The molecule has 0 bridgehead atoms. The Morgan fingerprint density at radius 1 is 1.47 bits per heavy atom. The fourth-order valence-electron chi connectivity index (χ4n) is 1.52. The second-order valence-electron chi connectivity index (χ2n) is 3.47. The summed E-state index contributed by atoms with van der Waals surface area (Å²) in [5, 5.41) is 3.43. The Labute approximate surface area is 93.2 Å². The maximum absolute atomic E-state index is 11.7. The molecule has 2 rings (SSSR count). The Morgan fingerprint density at radius 2 is 2.20 bits per heavy atom. The number of rotatable bonds is 2. The van der Waals surface area contributed by atoms with Crippen molar-refractivity contribution in [2.24, 2.45) is 0 Å². The van der Waals surface area contributed by atoms with Crippen molar-refractivity contribution in [3.8, 4) is 0 Å². The molecule has 0 saturated carbocycles. The average molecular weight is 223 g/mol. The zero-order chi connectivity index (χ0) is 10.7. The minimum absolute atomic E-state index is 0.161. The van der Waals surface area contributed by atoms with Crippen LogP contribution in [0.4, 0.5) is 0 Å². The van der Waals surface area contributed by atoms with Gasteiger partial charge in [-0.3, -0.25) is 9.78 Å². The van der Waals surface area contributed by atoms with Gasteiger partial charge in [0.1, 0.15) is 5.69 Å². The Kier molecular flexibility index (Phi) is 3.02. The van der Waals surface area contributed by atoms with Crippen molar-refractivity contribution < 1.29 is 4.79 Å². The number of nitrogens with zero attached hydrogens (tertiary/aromatic N) is 1. The monoisotopic (exact) mass is 222 g/mol. The van der Waals surface area contributed by atoms with E-state index in [1.54, 1.807) is 12.1 Å². The SMILES string of the molecule is O=C(NC1CC=CC1)c1cc(Cl)ccn1. The Morgan fingerprint density at radius 3 is 2.87 bits per heavy atom. The summed E-state index contributed by atoms with van der Waals surface area (Å²) in [6.07, 6.45) is 7.45. The molecule has 15 heavy (non-hydrogen) atoms. The molecule has 1 aliphatic rings. The molecule has 1 N–H and O–H groups in total. The van der Waals surface area contributed by atoms with Crippen LogP contribution >= 0.6 is 11.6 Å². The third-order valence-electron chi connectivity index (χ3n) is 2.30. The molecule has 0 unspecified atom stereocenters. The maximum atomic E-state index is 11.7. The number of nitrogens with one attached hydrogen (secondary N) is 1. The molecule has 4 heteroatoms. The van der Waals surface area contributed by atoms with Gasteiger partial charge >= 0.3 is 0 Å². The summed E-state index contributed by atoms with van der Waals surface area (Å²) in [4.78, 5) is 15.7. The lowest BCUT2D eigenvalue weighted by Gasteiger charge is -2.11. The number of aromatic nitrogens is 1. The first-order valence-electron chi connectivity index (χ1n) is 4.83. The summed E-state index contributed by atoms with van der Waals surface area (Å²) in [7, 11) is 0. The minimum Gasteiger partial charge on any atom is -0.347 e. The highest BCUT2D eigenvalue weighted by Gasteiger charge is 2.15. The Balaban J connectivity index is 2.01. The first-order chi connectivity index (χ1) is 7.25. The molecule has 1 heterocycles. The van der Waals surface area contributed by atoms with Gasteiger partial charge in [-0.25, -0.2) is 0 Å². The highest BCUT2D eigenvalue weighted by atomic mass is 35.5. The van der Waals surface area contributed by atoms with Crippen molar-refractivity contribution in [2.75, 3.05) is 0 Å². The summed E-state index contributed by atoms with van der Waals surface area (Å²) in [6, 6.07) is 3.42. The van der Waals surface area contributed by atoms with Gasteiger partial charge in [-0.2, -0.15) is 0 Å². The van der Waals surface area contributed by atoms with Gasteiger partial charge in [-0.1, -0.05) is 23.8 Å². The van der Waals surface area contributed by atoms with Crippen LogP contribution in [-0.2, 0) is 0 Å². The lowest BCUT2D eigenvalue weighted by Crippen LogP contribution is -2.33. The number of amides is 1. The van der Waals surface area contributed by atoms with Crippen LogP contribution < -0.4 is 5.32 Å². The van der Waals surface area contributed by atoms with Gasteiger partial charge in [0.25, 0.3) is 5.91 Å². The number of hydrogen-bond acceptors (Lipinski definition) is 2. The predicted molar refractivity (Wildman–Crippen MR) is 58.9 cm³/mol. The van der Waals surface area contributed by atoms with Crippen molar-refractivity contribution in [1.82, 2.24) is 10.3 Å². The van der Waals surface area contributed by atoms with Crippen LogP contribution in [0.15, 0.2) is 30.5 Å². The average Bonchev–Trinajstić information content (AvgIpc) is 2.70. The van der Waals surface area contributed by atoms with E-state index in [1.165, 1.54) is 6.20 Å². The molecule has 78 valence electrons. The van der Waals surface area contributed by atoms with E-state index in [4.69, 9.17) is 11.6 Å². The molecule has 0 aliphatic heterocycles. The van der Waals surface area contributed by atoms with Gasteiger partial charge in [0, 0.05) is 17.3 Å². The zero-order valence-corrected chi connectivity index (χ0v) is 8.87. The van der Waals surface area contributed by atoms with Crippen LogP contribution in [0.3, 0.4) is 0 Å². The third kappa shape index (κ3) is 2.57. The van der Waals surface area contributed by atoms with Crippen molar-refractivity contribution in [3.05, 3.63) is 41.2 Å². The third-order valence-corrected chi connectivity index (χ3v) is 2.53. The summed E-state index contributed by atoms with van der Waals surface area (Å²) in [5.74, 6) is -0.161. The van der Waals surface area contributed by atoms with Crippen molar-refractivity contribution >= 4 is 17.5 Å². The van der Waals surface area contributed by atoms with Crippen LogP contribution in [-0.4, -0.2) is 16.9 Å². The fraction of sp³-hybridized carbons (Fsp3) is 0.273. The van der Waals surface area contributed by atoms with Gasteiger partial charge < -0.3 is 5.32 Å². The van der Waals surface area contributed by atoms with E-state index in [0.29, 0.717) is 10.7 Å². The largest absolute Gasteiger partial charge is 0.347 e. The van der Waals surface area contributed by atoms with E-state index in [1.807, 2.05) is 0 Å². The van der Waals surface area contributed by atoms with Gasteiger partial charge in [-0.05, 0) is 25.0 Å². The van der Waals surface area contributed by atoms with Crippen LogP contribution in [0.2, 0.25) is 5.02 Å². The number of carbonyl (C=O) groups excluding carboxylic acids is 1. The zero-order valence-electron chi connectivity index (χ0n) is 8.11. The number of halogens is 1. The van der Waals surface area contributed by atoms with E-state index >= 15 is 0 Å². The second kappa shape index (κ2) is 4.45. The normalized spacial score (nSPS) is 15.5. The summed E-state index contributed by atoms with van der Waals surface area (Å²) in [6.45, 7) is 0. The molecule has 1 amide bonds. The topological polar surface area (TPSA) is 42.0 Å². The Bertz CT molecular complexity index is 395. The molecule has 1 aromatic rings. The highest BCUT2D eigenvalue weighted by Crippen LogP contribution is 2.11. The van der Waals surface area contributed by atoms with E-state index in [9.17, 15) is 4.79 Å². The van der Waals surface area contributed by atoms with Crippen molar-refractivity contribution in [1.29, 1.82) is 0 Å². The molecule has 1 aromatic heterocycles. The quantitative estimate of drug-likeness (QED) is 0.780. The van der Waals surface area contributed by atoms with Crippen LogP contribution in [0.1, 0.15) is 23.3 Å². The number of carbonyl (C=O) groups is 1. The standard InChI is InChI=1S/C11H11ClN2O/c12-8-5-6-13-10(7-8)11(15)14-9-3-1-2-4-9/h1-2,5-7,9H,3-4H2,(H,14,15). The van der Waals surface area contributed by atoms with Gasteiger partial charge in [-0.15, -0.1) is 0 Å². The first kappa shape index (κ1) is 10.2. The van der Waals surface area contributed by atoms with E-state index in [0.717, 1.165) is 12.8 Å². The first-order valence-corrected chi connectivity index (χ1v) is 5.21. The molecular formula is C11H11ClN2O. The maximum Gasteiger partial charge on any atom is 0.270 e. The van der Waals surface area contributed by atoms with E-state index < -0.39 is 0 Å². The van der Waals surface area contributed by atoms with Crippen LogP contribution in [0.25, 0.3) is 0 Å². The molecule has 0 atom stereocenters. The van der Waals surface area contributed by atoms with Crippen molar-refractivity contribution in [2.45, 2.75) is 18.9 Å². The van der Waals surface area contributed by atoms with Crippen LogP contribution in [0, 0.1) is 0 Å². The summed E-state index contributed by atoms with van der Waals surface area (Å²) < 4.78 is 0. The minimum atomic E-state index is -0.161. The Hall–Kier alpha value is -1.35. The van der Waals surface area contributed by atoms with E-state index in [2.05, 4.69) is 22.5 Å². The lowest BCUT2D eigenvalue weighted by atomic mass is 10.2. The molecule has 3 nitrogen and oxygen atoms in total. The number of pyridine rings is 1. The molecule has 1 aliphatic carbocycles. The fourth-order valence-corrected chi connectivity index (χ4v) is 1.68. The van der Waals surface area contributed by atoms with Crippen molar-refractivity contribution in [3.63, 3.8) is 0 Å². The summed E-state index contributed by atoms with van der Waals surface area (Å²) in [5.41, 5.74) is 0.370. The highest BCUT2D eigenvalue weighted by molar-refractivity contribution is 6.30. The summed E-state index contributed by atoms with van der Waals surface area (Å²) >= 11 is 5.77. The lowest BCUT2D eigenvalue weighted by molar-refractivity contribution is 0.0934. The van der Waals surface area contributed by atoms with Gasteiger partial charge in [0.15, 0.2) is 0 Å².